The first kappa shape index (κ1) is 23.5. The van der Waals surface area contributed by atoms with Crippen molar-refractivity contribution in [2.24, 2.45) is 0 Å². The average molecular weight is 466 g/mol. The lowest BCUT2D eigenvalue weighted by Crippen LogP contribution is -2.23. The molecular formula is C24H31N7O3. The van der Waals surface area contributed by atoms with Gasteiger partial charge in [-0.3, -0.25) is 9.94 Å². The maximum atomic E-state index is 6.06. The molecule has 4 aromatic rings. The number of anilines is 1. The molecule has 0 aliphatic rings. The third-order valence-corrected chi connectivity index (χ3v) is 5.22. The Balaban J connectivity index is 1.53. The Morgan fingerprint density at radius 1 is 1.12 bits per heavy atom. The van der Waals surface area contributed by atoms with Gasteiger partial charge in [-0.15, -0.1) is 0 Å². The summed E-state index contributed by atoms with van der Waals surface area (Å²) >= 11 is 0. The van der Waals surface area contributed by atoms with E-state index in [4.69, 9.17) is 19.3 Å². The third-order valence-electron chi connectivity index (χ3n) is 5.22. The lowest BCUT2D eigenvalue weighted by molar-refractivity contribution is 0.0886. The minimum atomic E-state index is -0.252. The molecule has 34 heavy (non-hydrogen) atoms. The number of ether oxygens (including phenoxy) is 2. The molecule has 0 aliphatic carbocycles. The molecule has 4 rings (SSSR count). The van der Waals surface area contributed by atoms with E-state index in [1.807, 2.05) is 37.4 Å². The Hall–Kier alpha value is -3.66. The summed E-state index contributed by atoms with van der Waals surface area (Å²) in [6, 6.07) is 6.33. The number of hydrogen-bond acceptors (Lipinski definition) is 8. The molecule has 1 unspecified atom stereocenters. The summed E-state index contributed by atoms with van der Waals surface area (Å²) < 4.78 is 13.8. The Kier molecular flexibility index (Phi) is 6.43. The predicted molar refractivity (Wildman–Crippen MR) is 128 cm³/mol. The Morgan fingerprint density at radius 2 is 1.85 bits per heavy atom. The number of rotatable bonds is 8. The summed E-state index contributed by atoms with van der Waals surface area (Å²) in [6.07, 6.45) is 2.61. The third kappa shape index (κ3) is 4.96. The number of hydrogen-bond donors (Lipinski definition) is 2. The van der Waals surface area contributed by atoms with Gasteiger partial charge in [-0.2, -0.15) is 9.97 Å². The smallest absolute Gasteiger partial charge is 0.325 e. The second-order valence-corrected chi connectivity index (χ2v) is 9.42. The van der Waals surface area contributed by atoms with Gasteiger partial charge in [0.2, 0.25) is 0 Å². The van der Waals surface area contributed by atoms with E-state index in [0.29, 0.717) is 23.8 Å². The molecule has 0 saturated heterocycles. The number of aromatic nitrogens is 6. The van der Waals surface area contributed by atoms with E-state index in [1.54, 1.807) is 0 Å². The van der Waals surface area contributed by atoms with Crippen LogP contribution < -0.4 is 15.0 Å². The van der Waals surface area contributed by atoms with Crippen LogP contribution in [0, 0.1) is 20.8 Å². The van der Waals surface area contributed by atoms with Crippen molar-refractivity contribution in [3.63, 3.8) is 0 Å². The van der Waals surface area contributed by atoms with Crippen molar-refractivity contribution in [2.45, 2.75) is 60.0 Å². The summed E-state index contributed by atoms with van der Waals surface area (Å²) in [4.78, 5) is 22.6. The van der Waals surface area contributed by atoms with Crippen LogP contribution in [-0.4, -0.2) is 42.3 Å². The molecule has 0 fully saturated rings. The lowest BCUT2D eigenvalue weighted by Gasteiger charge is -2.20. The zero-order chi connectivity index (χ0) is 24.5. The number of aryl methyl sites for hydroxylation is 3. The van der Waals surface area contributed by atoms with Crippen LogP contribution in [0.3, 0.4) is 0 Å². The maximum Gasteiger partial charge on any atom is 0.325 e. The van der Waals surface area contributed by atoms with E-state index in [9.17, 15) is 0 Å². The van der Waals surface area contributed by atoms with E-state index in [0.717, 1.165) is 22.7 Å². The molecule has 0 amide bonds. The SMILES string of the molecule is Cc1ccc(OC(C)CONc2c(C(C)(C)C)nc3c(Oc4ncncn4)c(C)[nH]n23)c(C)c1. The first-order chi connectivity index (χ1) is 16.1. The van der Waals surface area contributed by atoms with Gasteiger partial charge in [-0.05, 0) is 39.3 Å². The molecule has 1 aromatic carbocycles. The van der Waals surface area contributed by atoms with Crippen LogP contribution in [0.15, 0.2) is 30.9 Å². The van der Waals surface area contributed by atoms with Crippen LogP contribution >= 0.6 is 0 Å². The fourth-order valence-electron chi connectivity index (χ4n) is 3.59. The molecule has 2 N–H and O–H groups in total. The Morgan fingerprint density at radius 3 is 2.53 bits per heavy atom. The van der Waals surface area contributed by atoms with Crippen molar-refractivity contribution >= 4 is 11.5 Å². The zero-order valence-corrected chi connectivity index (χ0v) is 20.6. The van der Waals surface area contributed by atoms with Gasteiger partial charge in [-0.25, -0.2) is 20.0 Å². The fourth-order valence-corrected chi connectivity index (χ4v) is 3.59. The number of fused-ring (bicyclic) bond motifs is 1. The van der Waals surface area contributed by atoms with Crippen LogP contribution in [0.5, 0.6) is 17.5 Å². The van der Waals surface area contributed by atoms with Crippen molar-refractivity contribution in [3.05, 3.63) is 53.4 Å². The van der Waals surface area contributed by atoms with E-state index >= 15 is 0 Å². The van der Waals surface area contributed by atoms with E-state index < -0.39 is 0 Å². The monoisotopic (exact) mass is 465 g/mol. The van der Waals surface area contributed by atoms with E-state index in [-0.39, 0.29) is 17.5 Å². The van der Waals surface area contributed by atoms with Crippen molar-refractivity contribution in [3.8, 4) is 17.5 Å². The summed E-state index contributed by atoms with van der Waals surface area (Å²) in [7, 11) is 0. The number of aromatic amines is 1. The number of imidazole rings is 1. The van der Waals surface area contributed by atoms with Crippen molar-refractivity contribution in [2.75, 3.05) is 12.1 Å². The lowest BCUT2D eigenvalue weighted by atomic mass is 9.92. The Labute approximate surface area is 198 Å². The number of H-pyrrole nitrogens is 1. The first-order valence-corrected chi connectivity index (χ1v) is 11.2. The number of benzene rings is 1. The normalized spacial score (nSPS) is 12.7. The van der Waals surface area contributed by atoms with Crippen LogP contribution in [0.1, 0.15) is 50.2 Å². The van der Waals surface area contributed by atoms with Crippen molar-refractivity contribution in [1.29, 1.82) is 0 Å². The largest absolute Gasteiger partial charge is 0.488 e. The quantitative estimate of drug-likeness (QED) is 0.361. The minimum absolute atomic E-state index is 0.163. The molecule has 0 saturated carbocycles. The number of nitrogens with zero attached hydrogens (tertiary/aromatic N) is 5. The Bertz CT molecular complexity index is 1280. The predicted octanol–water partition coefficient (Wildman–Crippen LogP) is 4.67. The van der Waals surface area contributed by atoms with Gasteiger partial charge in [0.15, 0.2) is 17.2 Å². The summed E-state index contributed by atoms with van der Waals surface area (Å²) in [6.45, 7) is 14.6. The second kappa shape index (κ2) is 9.30. The highest BCUT2D eigenvalue weighted by Gasteiger charge is 2.28. The topological polar surface area (TPSA) is 111 Å². The standard InChI is InChI=1S/C24H31N7O3/c1-14-8-9-18(15(2)10-14)33-16(3)11-32-30-22-20(24(5,6)7)28-21-19(17(4)29-31(21)22)34-23-26-12-25-13-27-23/h8-10,12-13,16,29-30H,11H2,1-7H3. The first-order valence-electron chi connectivity index (χ1n) is 11.2. The molecule has 1 atom stereocenters. The van der Waals surface area contributed by atoms with Crippen molar-refractivity contribution in [1.82, 2.24) is 29.5 Å². The molecule has 3 aromatic heterocycles. The molecular weight excluding hydrogens is 434 g/mol. The summed E-state index contributed by atoms with van der Waals surface area (Å²) in [5.41, 5.74) is 7.33. The highest BCUT2D eigenvalue weighted by molar-refractivity contribution is 5.65. The van der Waals surface area contributed by atoms with Gasteiger partial charge in [0.05, 0.1) is 11.4 Å². The van der Waals surface area contributed by atoms with Crippen LogP contribution in [0.25, 0.3) is 5.65 Å². The molecule has 0 aliphatic heterocycles. The van der Waals surface area contributed by atoms with Crippen LogP contribution in [-0.2, 0) is 10.3 Å². The fraction of sp³-hybridized carbons (Fsp3) is 0.417. The molecule has 10 nitrogen and oxygen atoms in total. The molecule has 0 spiro atoms. The van der Waals surface area contributed by atoms with E-state index in [1.165, 1.54) is 18.2 Å². The zero-order valence-electron chi connectivity index (χ0n) is 20.6. The summed E-state index contributed by atoms with van der Waals surface area (Å²) in [5, 5.41) is 3.28. The molecule has 10 heteroatoms. The number of nitrogens with one attached hydrogen (secondary N) is 2. The van der Waals surface area contributed by atoms with Gasteiger partial charge >= 0.3 is 6.01 Å². The molecule has 0 bridgehead atoms. The minimum Gasteiger partial charge on any atom is -0.488 e. The van der Waals surface area contributed by atoms with Crippen molar-refractivity contribution < 1.29 is 14.3 Å². The maximum absolute atomic E-state index is 6.06. The summed E-state index contributed by atoms with van der Waals surface area (Å²) in [5.74, 6) is 2.08. The van der Waals surface area contributed by atoms with Gasteiger partial charge < -0.3 is 9.47 Å². The molecule has 0 radical (unpaired) electrons. The van der Waals surface area contributed by atoms with Crippen LogP contribution in [0.2, 0.25) is 0 Å². The van der Waals surface area contributed by atoms with Gasteiger partial charge in [0.25, 0.3) is 0 Å². The highest BCUT2D eigenvalue weighted by atomic mass is 16.7. The van der Waals surface area contributed by atoms with Gasteiger partial charge in [0, 0.05) is 5.41 Å². The van der Waals surface area contributed by atoms with Gasteiger partial charge in [0.1, 0.15) is 31.1 Å². The highest BCUT2D eigenvalue weighted by Crippen LogP contribution is 2.35. The van der Waals surface area contributed by atoms with Gasteiger partial charge in [-0.1, -0.05) is 38.5 Å². The average Bonchev–Trinajstić information content (AvgIpc) is 3.27. The molecule has 3 heterocycles. The van der Waals surface area contributed by atoms with E-state index in [2.05, 4.69) is 59.3 Å². The second-order valence-electron chi connectivity index (χ2n) is 9.42. The van der Waals surface area contributed by atoms with Crippen LogP contribution in [0.4, 0.5) is 5.82 Å². The molecule has 180 valence electrons.